The number of benzene rings is 1. The van der Waals surface area contributed by atoms with E-state index in [1.165, 1.54) is 36.0 Å². The van der Waals surface area contributed by atoms with Crippen molar-refractivity contribution < 1.29 is 9.90 Å². The van der Waals surface area contributed by atoms with E-state index in [1.807, 2.05) is 0 Å². The Balaban J connectivity index is 1.79. The third kappa shape index (κ3) is 2.13. The number of carboxylic acid groups (broad SMARTS) is 1. The van der Waals surface area contributed by atoms with Crippen molar-refractivity contribution in [1.29, 1.82) is 0 Å². The highest BCUT2D eigenvalue weighted by atomic mass is 16.4. The van der Waals surface area contributed by atoms with Crippen molar-refractivity contribution in [3.05, 3.63) is 34.9 Å². The summed E-state index contributed by atoms with van der Waals surface area (Å²) < 4.78 is 0. The number of rotatable bonds is 2. The maximum Gasteiger partial charge on any atom is 0.322 e. The molecule has 3 rings (SSSR count). The number of nitrogens with one attached hydrogen (secondary N) is 2. The summed E-state index contributed by atoms with van der Waals surface area (Å²) in [6.45, 7) is 0. The maximum atomic E-state index is 10.9. The SMILES string of the molecule is O=C(O)C1CC(c2ccc3c(c2)CCCC3)NN1. The molecule has 2 unspecified atom stereocenters. The lowest BCUT2D eigenvalue weighted by atomic mass is 9.88. The fraction of sp³-hybridized carbons (Fsp3) is 0.500. The number of hydrazine groups is 1. The third-order valence-corrected chi connectivity index (χ3v) is 3.98. The summed E-state index contributed by atoms with van der Waals surface area (Å²) >= 11 is 0. The molecule has 2 aliphatic rings. The number of carboxylic acids is 1. The number of hydrogen-bond acceptors (Lipinski definition) is 3. The molecule has 0 amide bonds. The molecule has 1 aliphatic heterocycles. The Morgan fingerprint density at radius 2 is 1.94 bits per heavy atom. The summed E-state index contributed by atoms with van der Waals surface area (Å²) in [5.41, 5.74) is 10.0. The summed E-state index contributed by atoms with van der Waals surface area (Å²) in [7, 11) is 0. The van der Waals surface area contributed by atoms with Gasteiger partial charge in [0.25, 0.3) is 0 Å². The van der Waals surface area contributed by atoms with Crippen molar-refractivity contribution in [3.63, 3.8) is 0 Å². The first-order valence-electron chi connectivity index (χ1n) is 6.59. The second kappa shape index (κ2) is 4.71. The molecule has 1 heterocycles. The van der Waals surface area contributed by atoms with Crippen molar-refractivity contribution in [2.75, 3.05) is 0 Å². The average Bonchev–Trinajstić information content (AvgIpc) is 2.88. The van der Waals surface area contributed by atoms with Gasteiger partial charge in [-0.3, -0.25) is 4.79 Å². The minimum atomic E-state index is -0.789. The Kier molecular flexibility index (Phi) is 3.06. The van der Waals surface area contributed by atoms with Crippen LogP contribution in [0.2, 0.25) is 0 Å². The molecule has 0 radical (unpaired) electrons. The molecule has 0 aromatic heterocycles. The molecule has 1 aromatic carbocycles. The highest BCUT2D eigenvalue weighted by Crippen LogP contribution is 2.28. The Morgan fingerprint density at radius 3 is 2.67 bits per heavy atom. The zero-order chi connectivity index (χ0) is 12.5. The van der Waals surface area contributed by atoms with Crippen LogP contribution in [-0.2, 0) is 17.6 Å². The molecule has 96 valence electrons. The molecule has 1 aliphatic carbocycles. The van der Waals surface area contributed by atoms with Gasteiger partial charge >= 0.3 is 5.97 Å². The van der Waals surface area contributed by atoms with Crippen molar-refractivity contribution in [2.24, 2.45) is 0 Å². The van der Waals surface area contributed by atoms with E-state index in [0.717, 1.165) is 6.42 Å². The highest BCUT2D eigenvalue weighted by molar-refractivity contribution is 5.73. The standard InChI is InChI=1S/C14H18N2O2/c17-14(18)13-8-12(15-16-13)11-6-5-9-3-1-2-4-10(9)7-11/h5-7,12-13,15-16H,1-4,8H2,(H,17,18). The van der Waals surface area contributed by atoms with Gasteiger partial charge in [0.1, 0.15) is 6.04 Å². The lowest BCUT2D eigenvalue weighted by Gasteiger charge is -2.18. The fourth-order valence-corrected chi connectivity index (χ4v) is 2.91. The van der Waals surface area contributed by atoms with E-state index in [9.17, 15) is 4.79 Å². The quantitative estimate of drug-likeness (QED) is 0.741. The molecule has 1 aromatic rings. The zero-order valence-electron chi connectivity index (χ0n) is 10.3. The summed E-state index contributed by atoms with van der Waals surface area (Å²) in [6.07, 6.45) is 5.50. The number of aryl methyl sites for hydroxylation is 2. The molecule has 0 saturated carbocycles. The monoisotopic (exact) mass is 246 g/mol. The predicted octanol–water partition coefficient (Wildman–Crippen LogP) is 1.56. The van der Waals surface area contributed by atoms with E-state index in [-0.39, 0.29) is 6.04 Å². The van der Waals surface area contributed by atoms with Crippen LogP contribution in [0.3, 0.4) is 0 Å². The van der Waals surface area contributed by atoms with Crippen molar-refractivity contribution >= 4 is 5.97 Å². The van der Waals surface area contributed by atoms with E-state index in [4.69, 9.17) is 5.11 Å². The van der Waals surface area contributed by atoms with Crippen LogP contribution in [-0.4, -0.2) is 17.1 Å². The van der Waals surface area contributed by atoms with Gasteiger partial charge in [0.15, 0.2) is 0 Å². The van der Waals surface area contributed by atoms with Gasteiger partial charge in [0, 0.05) is 6.04 Å². The number of fused-ring (bicyclic) bond motifs is 1. The minimum absolute atomic E-state index is 0.110. The molecular weight excluding hydrogens is 228 g/mol. The predicted molar refractivity (Wildman–Crippen MR) is 68.1 cm³/mol. The fourth-order valence-electron chi connectivity index (χ4n) is 2.91. The maximum absolute atomic E-state index is 10.9. The summed E-state index contributed by atoms with van der Waals surface area (Å²) in [5.74, 6) is -0.789. The van der Waals surface area contributed by atoms with Gasteiger partial charge in [-0.1, -0.05) is 18.2 Å². The third-order valence-electron chi connectivity index (χ3n) is 3.98. The largest absolute Gasteiger partial charge is 0.480 e. The van der Waals surface area contributed by atoms with Gasteiger partial charge in [-0.15, -0.1) is 0 Å². The zero-order valence-corrected chi connectivity index (χ0v) is 10.3. The first kappa shape index (κ1) is 11.7. The number of aliphatic carboxylic acids is 1. The Bertz CT molecular complexity index is 473. The van der Waals surface area contributed by atoms with Gasteiger partial charge < -0.3 is 5.11 Å². The molecular formula is C14H18N2O2. The Hall–Kier alpha value is -1.39. The van der Waals surface area contributed by atoms with E-state index in [2.05, 4.69) is 29.1 Å². The van der Waals surface area contributed by atoms with E-state index < -0.39 is 12.0 Å². The molecule has 3 N–H and O–H groups in total. The average molecular weight is 246 g/mol. The lowest BCUT2D eigenvalue weighted by Crippen LogP contribution is -2.36. The van der Waals surface area contributed by atoms with Crippen LogP contribution in [0.4, 0.5) is 0 Å². The molecule has 4 heteroatoms. The van der Waals surface area contributed by atoms with Crippen LogP contribution in [0.15, 0.2) is 18.2 Å². The van der Waals surface area contributed by atoms with Crippen LogP contribution in [0, 0.1) is 0 Å². The van der Waals surface area contributed by atoms with Gasteiger partial charge in [-0.25, -0.2) is 10.9 Å². The van der Waals surface area contributed by atoms with Crippen LogP contribution < -0.4 is 10.9 Å². The van der Waals surface area contributed by atoms with Gasteiger partial charge in [0.2, 0.25) is 0 Å². The molecule has 0 spiro atoms. The molecule has 1 saturated heterocycles. The molecule has 2 atom stereocenters. The van der Waals surface area contributed by atoms with Crippen LogP contribution in [0.25, 0.3) is 0 Å². The topological polar surface area (TPSA) is 61.4 Å². The summed E-state index contributed by atoms with van der Waals surface area (Å²) in [6, 6.07) is 6.22. The summed E-state index contributed by atoms with van der Waals surface area (Å²) in [4.78, 5) is 10.9. The van der Waals surface area contributed by atoms with Crippen LogP contribution in [0.1, 0.15) is 42.0 Å². The second-order valence-corrected chi connectivity index (χ2v) is 5.20. The van der Waals surface area contributed by atoms with E-state index in [1.54, 1.807) is 0 Å². The molecule has 18 heavy (non-hydrogen) atoms. The van der Waals surface area contributed by atoms with E-state index >= 15 is 0 Å². The first-order chi connectivity index (χ1) is 8.74. The first-order valence-corrected chi connectivity index (χ1v) is 6.59. The number of hydrogen-bond donors (Lipinski definition) is 3. The van der Waals surface area contributed by atoms with E-state index in [0.29, 0.717) is 6.42 Å². The summed E-state index contributed by atoms with van der Waals surface area (Å²) in [5, 5.41) is 8.97. The number of carbonyl (C=O) groups is 1. The van der Waals surface area contributed by atoms with Gasteiger partial charge in [-0.2, -0.15) is 0 Å². The molecule has 0 bridgehead atoms. The van der Waals surface area contributed by atoms with Gasteiger partial charge in [-0.05, 0) is 48.8 Å². The second-order valence-electron chi connectivity index (χ2n) is 5.20. The van der Waals surface area contributed by atoms with Crippen LogP contribution >= 0.6 is 0 Å². The van der Waals surface area contributed by atoms with Gasteiger partial charge in [0.05, 0.1) is 0 Å². The minimum Gasteiger partial charge on any atom is -0.480 e. The van der Waals surface area contributed by atoms with Crippen molar-refractivity contribution in [2.45, 2.75) is 44.2 Å². The lowest BCUT2D eigenvalue weighted by molar-refractivity contribution is -0.139. The van der Waals surface area contributed by atoms with Crippen molar-refractivity contribution in [1.82, 2.24) is 10.9 Å². The smallest absolute Gasteiger partial charge is 0.322 e. The molecule has 1 fully saturated rings. The van der Waals surface area contributed by atoms with Crippen molar-refractivity contribution in [3.8, 4) is 0 Å². The Labute approximate surface area is 106 Å². The Morgan fingerprint density at radius 1 is 1.17 bits per heavy atom. The van der Waals surface area contributed by atoms with Crippen LogP contribution in [0.5, 0.6) is 0 Å². The molecule has 4 nitrogen and oxygen atoms in total. The normalized spacial score (nSPS) is 26.9. The highest BCUT2D eigenvalue weighted by Gasteiger charge is 2.30.